The summed E-state index contributed by atoms with van der Waals surface area (Å²) in [5.74, 6) is 0.550. The van der Waals surface area contributed by atoms with E-state index in [4.69, 9.17) is 4.74 Å². The molecule has 35 heavy (non-hydrogen) atoms. The quantitative estimate of drug-likeness (QED) is 0.586. The number of aliphatic carboxylic acids is 1. The lowest BCUT2D eigenvalue weighted by atomic mass is 9.71. The van der Waals surface area contributed by atoms with Gasteiger partial charge in [0.15, 0.2) is 0 Å². The summed E-state index contributed by atoms with van der Waals surface area (Å²) in [5, 5.41) is 9.19. The minimum Gasteiger partial charge on any atom is -0.493 e. The largest absolute Gasteiger partial charge is 0.493 e. The molecule has 0 bridgehead atoms. The van der Waals surface area contributed by atoms with Gasteiger partial charge in [-0.05, 0) is 67.8 Å². The molecule has 188 valence electrons. The smallest absolute Gasteiger partial charge is 0.307 e. The third-order valence-electron chi connectivity index (χ3n) is 7.56. The Bertz CT molecular complexity index is 1020. The number of para-hydroxylation sites is 1. The molecule has 2 aromatic carbocycles. The van der Waals surface area contributed by atoms with Crippen LogP contribution in [0.25, 0.3) is 0 Å². The summed E-state index contributed by atoms with van der Waals surface area (Å²) in [5.41, 5.74) is 2.68. The number of carboxylic acid groups (broad SMARTS) is 1. The maximum absolute atomic E-state index is 13.2. The Morgan fingerprint density at radius 2 is 1.51 bits per heavy atom. The van der Waals surface area contributed by atoms with Crippen LogP contribution in [0.1, 0.15) is 61.0 Å². The summed E-state index contributed by atoms with van der Waals surface area (Å²) in [7, 11) is 0. The molecular weight excluding hydrogens is 440 g/mol. The van der Waals surface area contributed by atoms with Gasteiger partial charge in [-0.2, -0.15) is 0 Å². The summed E-state index contributed by atoms with van der Waals surface area (Å²) >= 11 is 0. The normalized spacial score (nSPS) is 18.1. The Morgan fingerprint density at radius 1 is 0.914 bits per heavy atom. The number of hydrogen-bond donors (Lipinski definition) is 1. The highest BCUT2D eigenvalue weighted by molar-refractivity contribution is 5.96. The molecule has 2 saturated heterocycles. The van der Waals surface area contributed by atoms with Crippen molar-refractivity contribution in [3.63, 3.8) is 0 Å². The fourth-order valence-electron chi connectivity index (χ4n) is 5.36. The SMILES string of the molecule is CC(C)COc1ccccc1CN1CCC2(CC1)CCN(C(=O)c1ccccc1CC(=O)O)CC2. The average molecular weight is 479 g/mol. The first-order valence-electron chi connectivity index (χ1n) is 12.9. The number of nitrogens with zero attached hydrogens (tertiary/aromatic N) is 2. The maximum atomic E-state index is 13.2. The van der Waals surface area contributed by atoms with E-state index < -0.39 is 5.97 Å². The summed E-state index contributed by atoms with van der Waals surface area (Å²) < 4.78 is 6.05. The molecule has 0 aromatic heterocycles. The lowest BCUT2D eigenvalue weighted by molar-refractivity contribution is -0.136. The summed E-state index contributed by atoms with van der Waals surface area (Å²) in [6, 6.07) is 15.5. The van der Waals surface area contributed by atoms with Crippen LogP contribution >= 0.6 is 0 Å². The highest BCUT2D eigenvalue weighted by atomic mass is 16.5. The van der Waals surface area contributed by atoms with E-state index in [-0.39, 0.29) is 12.3 Å². The minimum absolute atomic E-state index is 0.0351. The molecule has 6 heteroatoms. The Labute approximate surface area is 208 Å². The molecule has 1 amide bonds. The van der Waals surface area contributed by atoms with Crippen LogP contribution in [0.15, 0.2) is 48.5 Å². The number of amides is 1. The Kier molecular flexibility index (Phi) is 8.11. The van der Waals surface area contributed by atoms with Crippen molar-refractivity contribution >= 4 is 11.9 Å². The molecule has 2 aliphatic rings. The zero-order valence-corrected chi connectivity index (χ0v) is 21.0. The Hall–Kier alpha value is -2.86. The van der Waals surface area contributed by atoms with Crippen molar-refractivity contribution < 1.29 is 19.4 Å². The number of rotatable bonds is 8. The van der Waals surface area contributed by atoms with Gasteiger partial charge in [0.1, 0.15) is 5.75 Å². The highest BCUT2D eigenvalue weighted by Gasteiger charge is 2.39. The van der Waals surface area contributed by atoms with Crippen LogP contribution in [0.2, 0.25) is 0 Å². The van der Waals surface area contributed by atoms with Crippen LogP contribution < -0.4 is 4.74 Å². The van der Waals surface area contributed by atoms with Crippen LogP contribution in [0.4, 0.5) is 0 Å². The molecule has 0 saturated carbocycles. The number of hydrogen-bond acceptors (Lipinski definition) is 4. The molecule has 2 heterocycles. The highest BCUT2D eigenvalue weighted by Crippen LogP contribution is 2.42. The number of carboxylic acids is 1. The lowest BCUT2D eigenvalue weighted by Crippen LogP contribution is -2.48. The predicted octanol–water partition coefficient (Wildman–Crippen LogP) is 4.87. The first kappa shape index (κ1) is 25.2. The number of carbonyl (C=O) groups is 2. The van der Waals surface area contributed by atoms with Crippen molar-refractivity contribution in [3.05, 3.63) is 65.2 Å². The number of likely N-dealkylation sites (tertiary alicyclic amines) is 2. The van der Waals surface area contributed by atoms with Crippen molar-refractivity contribution in [2.45, 2.75) is 52.5 Å². The minimum atomic E-state index is -0.913. The van der Waals surface area contributed by atoms with E-state index in [1.165, 1.54) is 5.56 Å². The van der Waals surface area contributed by atoms with Gasteiger partial charge in [0, 0.05) is 30.8 Å². The molecule has 2 aromatic rings. The number of carbonyl (C=O) groups excluding carboxylic acids is 1. The van der Waals surface area contributed by atoms with Gasteiger partial charge in [0.05, 0.1) is 13.0 Å². The van der Waals surface area contributed by atoms with Crippen LogP contribution in [-0.2, 0) is 17.8 Å². The fourth-order valence-corrected chi connectivity index (χ4v) is 5.36. The summed E-state index contributed by atoms with van der Waals surface area (Å²) in [6.07, 6.45) is 4.21. The van der Waals surface area contributed by atoms with E-state index >= 15 is 0 Å². The topological polar surface area (TPSA) is 70.1 Å². The number of ether oxygens (including phenoxy) is 1. The third kappa shape index (κ3) is 6.43. The van der Waals surface area contributed by atoms with E-state index in [2.05, 4.69) is 36.9 Å². The van der Waals surface area contributed by atoms with Crippen LogP contribution in [0.5, 0.6) is 5.75 Å². The third-order valence-corrected chi connectivity index (χ3v) is 7.56. The van der Waals surface area contributed by atoms with E-state index in [9.17, 15) is 14.7 Å². The van der Waals surface area contributed by atoms with Crippen molar-refractivity contribution in [1.82, 2.24) is 9.80 Å². The average Bonchev–Trinajstić information content (AvgIpc) is 2.85. The lowest BCUT2D eigenvalue weighted by Gasteiger charge is -2.47. The van der Waals surface area contributed by atoms with Gasteiger partial charge in [-0.1, -0.05) is 50.2 Å². The molecule has 0 atom stereocenters. The molecule has 6 nitrogen and oxygen atoms in total. The summed E-state index contributed by atoms with van der Waals surface area (Å²) in [6.45, 7) is 9.59. The molecule has 0 radical (unpaired) electrons. The molecular formula is C29H38N2O4. The van der Waals surface area contributed by atoms with Gasteiger partial charge in [-0.3, -0.25) is 14.5 Å². The van der Waals surface area contributed by atoms with Crippen LogP contribution in [-0.4, -0.2) is 59.6 Å². The molecule has 2 fully saturated rings. The summed E-state index contributed by atoms with van der Waals surface area (Å²) in [4.78, 5) is 28.8. The van der Waals surface area contributed by atoms with Gasteiger partial charge in [0.2, 0.25) is 0 Å². The van der Waals surface area contributed by atoms with Gasteiger partial charge >= 0.3 is 5.97 Å². The molecule has 2 aliphatic heterocycles. The monoisotopic (exact) mass is 478 g/mol. The van der Waals surface area contributed by atoms with E-state index in [0.717, 1.165) is 70.8 Å². The van der Waals surface area contributed by atoms with E-state index in [0.29, 0.717) is 22.5 Å². The maximum Gasteiger partial charge on any atom is 0.307 e. The molecule has 0 unspecified atom stereocenters. The van der Waals surface area contributed by atoms with Crippen LogP contribution in [0.3, 0.4) is 0 Å². The fraction of sp³-hybridized carbons (Fsp3) is 0.517. The second-order valence-electron chi connectivity index (χ2n) is 10.6. The van der Waals surface area contributed by atoms with Crippen molar-refractivity contribution in [1.29, 1.82) is 0 Å². The zero-order chi connectivity index (χ0) is 24.8. The Morgan fingerprint density at radius 3 is 2.17 bits per heavy atom. The van der Waals surface area contributed by atoms with E-state index in [1.807, 2.05) is 17.0 Å². The first-order valence-corrected chi connectivity index (χ1v) is 12.9. The van der Waals surface area contributed by atoms with Gasteiger partial charge in [-0.25, -0.2) is 0 Å². The number of benzene rings is 2. The standard InChI is InChI=1S/C29H38N2O4/c1-22(2)21-35-26-10-6-4-8-24(26)20-30-15-11-29(12-16-30)13-17-31(18-14-29)28(34)25-9-5-3-7-23(25)19-27(32)33/h3-10,22H,11-21H2,1-2H3,(H,32,33). The van der Waals surface area contributed by atoms with Crippen LogP contribution in [0, 0.1) is 11.3 Å². The number of piperidine rings is 2. The van der Waals surface area contributed by atoms with Crippen molar-refractivity contribution in [3.8, 4) is 5.75 Å². The van der Waals surface area contributed by atoms with Gasteiger partial charge in [-0.15, -0.1) is 0 Å². The molecule has 4 rings (SSSR count). The Balaban J connectivity index is 1.30. The molecule has 1 N–H and O–H groups in total. The van der Waals surface area contributed by atoms with Crippen molar-refractivity contribution in [2.24, 2.45) is 11.3 Å². The zero-order valence-electron chi connectivity index (χ0n) is 21.0. The second kappa shape index (κ2) is 11.3. The molecule has 1 spiro atoms. The van der Waals surface area contributed by atoms with Gasteiger partial charge < -0.3 is 14.7 Å². The second-order valence-corrected chi connectivity index (χ2v) is 10.6. The van der Waals surface area contributed by atoms with Gasteiger partial charge in [0.25, 0.3) is 5.91 Å². The first-order chi connectivity index (χ1) is 16.8. The van der Waals surface area contributed by atoms with E-state index in [1.54, 1.807) is 18.2 Å². The predicted molar refractivity (Wildman–Crippen MR) is 137 cm³/mol. The molecule has 0 aliphatic carbocycles. The van der Waals surface area contributed by atoms with Crippen molar-refractivity contribution in [2.75, 3.05) is 32.8 Å².